The summed E-state index contributed by atoms with van der Waals surface area (Å²) in [5, 5.41) is 10.2. The lowest BCUT2D eigenvalue weighted by molar-refractivity contribution is -0.146. The van der Waals surface area contributed by atoms with Crippen LogP contribution in [0.3, 0.4) is 0 Å². The lowest BCUT2D eigenvalue weighted by Gasteiger charge is -2.37. The van der Waals surface area contributed by atoms with E-state index >= 15 is 0 Å². The van der Waals surface area contributed by atoms with E-state index in [-0.39, 0.29) is 67.3 Å². The molecule has 2 aromatic rings. The first-order chi connectivity index (χ1) is 22.0. The Labute approximate surface area is 269 Å². The van der Waals surface area contributed by atoms with Crippen molar-refractivity contribution in [2.45, 2.75) is 105 Å². The SMILES string of the molecule is CCCC(=O)Oc1cc(OC(=O)CCC)c2c(c1)OC(c1ccc(OC(=O)CCC)c(OC(=O)CCC)c1)[C@@H]([C@@H](CC)C(=O)O)C2. The molecule has 1 aliphatic rings. The molecule has 1 heterocycles. The van der Waals surface area contributed by atoms with Gasteiger partial charge in [0.15, 0.2) is 11.5 Å². The zero-order valence-electron chi connectivity index (χ0n) is 27.2. The summed E-state index contributed by atoms with van der Waals surface area (Å²) in [5.74, 6) is -3.95. The summed E-state index contributed by atoms with van der Waals surface area (Å²) in [7, 11) is 0. The summed E-state index contributed by atoms with van der Waals surface area (Å²) in [5.41, 5.74) is 0.947. The van der Waals surface area contributed by atoms with E-state index in [0.717, 1.165) is 0 Å². The average Bonchev–Trinajstić information content (AvgIpc) is 2.98. The van der Waals surface area contributed by atoms with Crippen LogP contribution in [0.2, 0.25) is 0 Å². The largest absolute Gasteiger partial charge is 0.485 e. The third-order valence-corrected chi connectivity index (χ3v) is 7.51. The molecule has 0 aromatic heterocycles. The molecule has 0 bridgehead atoms. The van der Waals surface area contributed by atoms with Crippen molar-refractivity contribution < 1.29 is 52.8 Å². The number of aliphatic carboxylic acids is 1. The molecule has 11 nitrogen and oxygen atoms in total. The molecule has 0 saturated carbocycles. The van der Waals surface area contributed by atoms with Crippen LogP contribution in [-0.2, 0) is 30.4 Å². The maximum absolute atomic E-state index is 12.6. The number of hydrogen-bond donors (Lipinski definition) is 1. The predicted octanol–water partition coefficient (Wildman–Crippen LogP) is 6.91. The van der Waals surface area contributed by atoms with E-state index in [0.29, 0.717) is 36.8 Å². The summed E-state index contributed by atoms with van der Waals surface area (Å²) in [6.07, 6.45) is 2.43. The molecule has 0 amide bonds. The minimum atomic E-state index is -1.03. The molecule has 1 aliphatic heterocycles. The normalized spacial score (nSPS) is 15.9. The van der Waals surface area contributed by atoms with Crippen LogP contribution in [0, 0.1) is 11.8 Å². The Balaban J connectivity index is 2.16. The number of carbonyl (C=O) groups is 5. The van der Waals surface area contributed by atoms with Gasteiger partial charge in [0.25, 0.3) is 0 Å². The summed E-state index contributed by atoms with van der Waals surface area (Å²) >= 11 is 0. The molecule has 0 radical (unpaired) electrons. The van der Waals surface area contributed by atoms with Crippen LogP contribution in [0.15, 0.2) is 30.3 Å². The second-order valence-corrected chi connectivity index (χ2v) is 11.3. The number of ether oxygens (including phenoxy) is 5. The molecule has 0 spiro atoms. The highest BCUT2D eigenvalue weighted by molar-refractivity contribution is 5.77. The quantitative estimate of drug-likeness (QED) is 0.150. The Morgan fingerprint density at radius 2 is 1.24 bits per heavy atom. The average molecular weight is 641 g/mol. The van der Waals surface area contributed by atoms with Gasteiger partial charge >= 0.3 is 29.8 Å². The monoisotopic (exact) mass is 640 g/mol. The fraction of sp³-hybridized carbons (Fsp3) is 0.514. The van der Waals surface area contributed by atoms with Gasteiger partial charge in [0.1, 0.15) is 23.4 Å². The van der Waals surface area contributed by atoms with Crippen molar-refractivity contribution in [2.75, 3.05) is 0 Å². The Hall–Kier alpha value is -4.41. The summed E-state index contributed by atoms with van der Waals surface area (Å²) in [6, 6.07) is 7.63. The van der Waals surface area contributed by atoms with Gasteiger partial charge in [-0.15, -0.1) is 0 Å². The number of hydrogen-bond acceptors (Lipinski definition) is 10. The van der Waals surface area contributed by atoms with E-state index in [1.54, 1.807) is 13.0 Å². The lowest BCUT2D eigenvalue weighted by Crippen LogP contribution is -2.35. The molecular formula is C35H44O11. The maximum atomic E-state index is 12.6. The number of esters is 4. The van der Waals surface area contributed by atoms with Crippen molar-refractivity contribution in [3.8, 4) is 28.7 Å². The topological polar surface area (TPSA) is 152 Å². The second-order valence-electron chi connectivity index (χ2n) is 11.3. The van der Waals surface area contributed by atoms with E-state index < -0.39 is 47.8 Å². The van der Waals surface area contributed by atoms with Gasteiger partial charge in [-0.05, 0) is 56.2 Å². The first kappa shape index (κ1) is 36.1. The van der Waals surface area contributed by atoms with Crippen molar-refractivity contribution in [1.29, 1.82) is 0 Å². The minimum absolute atomic E-state index is 0.00774. The maximum Gasteiger partial charge on any atom is 0.311 e. The van der Waals surface area contributed by atoms with E-state index in [1.165, 1.54) is 24.3 Å². The minimum Gasteiger partial charge on any atom is -0.485 e. The smallest absolute Gasteiger partial charge is 0.311 e. The molecular weight excluding hydrogens is 596 g/mol. The van der Waals surface area contributed by atoms with Crippen molar-refractivity contribution in [2.24, 2.45) is 11.8 Å². The van der Waals surface area contributed by atoms with Crippen LogP contribution in [0.4, 0.5) is 0 Å². The summed E-state index contributed by atoms with van der Waals surface area (Å²) < 4.78 is 28.8. The molecule has 0 fully saturated rings. The predicted molar refractivity (Wildman–Crippen MR) is 167 cm³/mol. The number of carboxylic acid groups (broad SMARTS) is 1. The third kappa shape index (κ3) is 9.55. The van der Waals surface area contributed by atoms with Gasteiger partial charge in [0.2, 0.25) is 0 Å². The number of benzene rings is 2. The fourth-order valence-corrected chi connectivity index (χ4v) is 5.33. The highest BCUT2D eigenvalue weighted by Gasteiger charge is 2.41. The Bertz CT molecular complexity index is 1410. The van der Waals surface area contributed by atoms with Gasteiger partial charge in [-0.2, -0.15) is 0 Å². The van der Waals surface area contributed by atoms with Crippen LogP contribution in [0.5, 0.6) is 28.7 Å². The van der Waals surface area contributed by atoms with Crippen LogP contribution in [-0.4, -0.2) is 35.0 Å². The summed E-state index contributed by atoms with van der Waals surface area (Å²) in [4.78, 5) is 62.3. The standard InChI is InChI=1S/C35H44O11/c1-6-11-30(36)42-22-18-27(44-32(38)13-8-3)25-20-24(23(10-5)35(40)41)34(46-28(25)19-22)21-15-16-26(43-31(37)12-7-2)29(17-21)45-33(39)14-9-4/h15-19,23-24,34H,6-14,20H2,1-5H3,(H,40,41)/t23-,24-,34?/m1/s1. The van der Waals surface area contributed by atoms with E-state index in [2.05, 4.69) is 0 Å². The fourth-order valence-electron chi connectivity index (χ4n) is 5.33. The van der Waals surface area contributed by atoms with Gasteiger partial charge in [0.05, 0.1) is 5.92 Å². The molecule has 1 unspecified atom stereocenters. The molecule has 11 heteroatoms. The molecule has 0 saturated heterocycles. The number of carboxylic acids is 1. The number of carbonyl (C=O) groups excluding carboxylic acids is 4. The van der Waals surface area contributed by atoms with E-state index in [9.17, 15) is 29.1 Å². The van der Waals surface area contributed by atoms with Gasteiger partial charge in [-0.3, -0.25) is 24.0 Å². The van der Waals surface area contributed by atoms with Crippen molar-refractivity contribution in [1.82, 2.24) is 0 Å². The summed E-state index contributed by atoms with van der Waals surface area (Å²) in [6.45, 7) is 9.11. The van der Waals surface area contributed by atoms with Crippen molar-refractivity contribution >= 4 is 29.8 Å². The zero-order chi connectivity index (χ0) is 33.8. The zero-order valence-corrected chi connectivity index (χ0v) is 27.2. The van der Waals surface area contributed by atoms with Gasteiger partial charge < -0.3 is 28.8 Å². The first-order valence-corrected chi connectivity index (χ1v) is 16.1. The van der Waals surface area contributed by atoms with Crippen LogP contribution >= 0.6 is 0 Å². The Kier molecular flexibility index (Phi) is 13.6. The molecule has 250 valence electrons. The van der Waals surface area contributed by atoms with Crippen molar-refractivity contribution in [3.05, 3.63) is 41.5 Å². The molecule has 3 rings (SSSR count). The van der Waals surface area contributed by atoms with Crippen molar-refractivity contribution in [3.63, 3.8) is 0 Å². The van der Waals surface area contributed by atoms with Gasteiger partial charge in [0, 0.05) is 49.3 Å². The second kappa shape index (κ2) is 17.3. The van der Waals surface area contributed by atoms with Crippen LogP contribution in [0.1, 0.15) is 110 Å². The van der Waals surface area contributed by atoms with E-state index in [4.69, 9.17) is 23.7 Å². The number of fused-ring (bicyclic) bond motifs is 1. The first-order valence-electron chi connectivity index (χ1n) is 16.1. The molecule has 3 atom stereocenters. The molecule has 0 aliphatic carbocycles. The van der Waals surface area contributed by atoms with Gasteiger partial charge in [-0.1, -0.05) is 40.7 Å². The van der Waals surface area contributed by atoms with Crippen LogP contribution in [0.25, 0.3) is 0 Å². The third-order valence-electron chi connectivity index (χ3n) is 7.51. The number of rotatable bonds is 16. The molecule has 46 heavy (non-hydrogen) atoms. The van der Waals surface area contributed by atoms with E-state index in [1.807, 2.05) is 27.7 Å². The highest BCUT2D eigenvalue weighted by atomic mass is 16.6. The molecule has 1 N–H and O–H groups in total. The Morgan fingerprint density at radius 1 is 0.717 bits per heavy atom. The van der Waals surface area contributed by atoms with Crippen LogP contribution < -0.4 is 23.7 Å². The molecule has 2 aromatic carbocycles. The van der Waals surface area contributed by atoms with Gasteiger partial charge in [-0.25, -0.2) is 0 Å². The lowest BCUT2D eigenvalue weighted by atomic mass is 9.77. The highest BCUT2D eigenvalue weighted by Crippen LogP contribution is 2.49. The Morgan fingerprint density at radius 3 is 1.76 bits per heavy atom.